The topological polar surface area (TPSA) is 83.0 Å². The van der Waals surface area contributed by atoms with Crippen LogP contribution >= 0.6 is 22.9 Å². The maximum absolute atomic E-state index is 13.7. The fraction of sp³-hybridized carbons (Fsp3) is 0.222. The van der Waals surface area contributed by atoms with Crippen molar-refractivity contribution in [3.05, 3.63) is 96.7 Å². The fourth-order valence-electron chi connectivity index (χ4n) is 4.89. The van der Waals surface area contributed by atoms with Gasteiger partial charge in [0.15, 0.2) is 4.80 Å². The average Bonchev–Trinajstić information content (AvgIpc) is 3.43. The monoisotopic (exact) mass is 520 g/mol. The number of carbonyl (C=O) groups is 1. The smallest absolute Gasteiger partial charge is 0.317 e. The van der Waals surface area contributed by atoms with Crippen LogP contribution in [-0.4, -0.2) is 22.9 Å². The van der Waals surface area contributed by atoms with Crippen molar-refractivity contribution >= 4 is 35.0 Å². The van der Waals surface area contributed by atoms with Crippen LogP contribution in [0, 0.1) is 5.92 Å². The van der Waals surface area contributed by atoms with E-state index in [0.717, 1.165) is 11.1 Å². The number of halogens is 1. The molecule has 0 saturated heterocycles. The molecule has 6 rings (SSSR count). The number of hydrogen-bond acceptors (Lipinski definition) is 7. The van der Waals surface area contributed by atoms with Gasteiger partial charge in [-0.2, -0.15) is 0 Å². The molecule has 3 atom stereocenters. The summed E-state index contributed by atoms with van der Waals surface area (Å²) >= 11 is 7.35. The van der Waals surface area contributed by atoms with Crippen molar-refractivity contribution in [2.75, 3.05) is 6.61 Å². The van der Waals surface area contributed by atoms with E-state index < -0.39 is 23.7 Å². The normalized spacial score (nSPS) is 22.2. The van der Waals surface area contributed by atoms with Crippen LogP contribution in [0.4, 0.5) is 0 Å². The molecule has 9 heteroatoms. The highest BCUT2D eigenvalue weighted by atomic mass is 35.5. The Morgan fingerprint density at radius 2 is 2.06 bits per heavy atom. The van der Waals surface area contributed by atoms with Gasteiger partial charge in [-0.1, -0.05) is 53.3 Å². The Balaban J connectivity index is 1.50. The Morgan fingerprint density at radius 3 is 2.86 bits per heavy atom. The quantitative estimate of drug-likeness (QED) is 0.377. The van der Waals surface area contributed by atoms with Gasteiger partial charge in [0.25, 0.3) is 5.56 Å². The van der Waals surface area contributed by atoms with Gasteiger partial charge in [0.05, 0.1) is 17.2 Å². The maximum Gasteiger partial charge on any atom is 0.317 e. The average molecular weight is 521 g/mol. The molecular formula is C27H21ClN2O5S. The van der Waals surface area contributed by atoms with E-state index in [0.29, 0.717) is 31.6 Å². The van der Waals surface area contributed by atoms with Crippen LogP contribution < -0.4 is 19.6 Å². The number of carbonyl (C=O) groups excluding carboxylic acids is 1. The molecule has 4 aromatic rings. The van der Waals surface area contributed by atoms with E-state index in [-0.39, 0.29) is 12.2 Å². The second-order valence-corrected chi connectivity index (χ2v) is 10.2. The van der Waals surface area contributed by atoms with E-state index in [4.69, 9.17) is 30.5 Å². The summed E-state index contributed by atoms with van der Waals surface area (Å²) in [4.78, 5) is 32.1. The van der Waals surface area contributed by atoms with Gasteiger partial charge in [-0.05, 0) is 44.2 Å². The van der Waals surface area contributed by atoms with Crippen molar-refractivity contribution in [3.8, 4) is 17.1 Å². The molecule has 2 bridgehead atoms. The molecule has 0 aliphatic carbocycles. The number of benzene rings is 2. The Kier molecular flexibility index (Phi) is 5.39. The summed E-state index contributed by atoms with van der Waals surface area (Å²) in [6, 6.07) is 17.8. The highest BCUT2D eigenvalue weighted by Gasteiger charge is 2.55. The van der Waals surface area contributed by atoms with E-state index in [1.54, 1.807) is 36.6 Å². The molecule has 4 heterocycles. The number of rotatable bonds is 4. The summed E-state index contributed by atoms with van der Waals surface area (Å²) in [7, 11) is 0. The molecular weight excluding hydrogens is 500 g/mol. The first-order valence-corrected chi connectivity index (χ1v) is 12.7. The third kappa shape index (κ3) is 3.60. The first kappa shape index (κ1) is 22.8. The van der Waals surface area contributed by atoms with Gasteiger partial charge < -0.3 is 13.9 Å². The summed E-state index contributed by atoms with van der Waals surface area (Å²) in [5.41, 5.74) is 0.131. The van der Waals surface area contributed by atoms with Crippen molar-refractivity contribution in [1.82, 2.24) is 4.57 Å². The lowest BCUT2D eigenvalue weighted by molar-refractivity contribution is -0.160. The lowest BCUT2D eigenvalue weighted by Crippen LogP contribution is -2.58. The van der Waals surface area contributed by atoms with Crippen molar-refractivity contribution in [2.45, 2.75) is 25.6 Å². The summed E-state index contributed by atoms with van der Waals surface area (Å²) in [5.74, 6) is 0.505. The van der Waals surface area contributed by atoms with Crippen LogP contribution in [0.3, 0.4) is 0 Å². The second-order valence-electron chi connectivity index (χ2n) is 8.76. The van der Waals surface area contributed by atoms with Crippen LogP contribution in [0.15, 0.2) is 74.9 Å². The largest absolute Gasteiger partial charge is 0.466 e. The van der Waals surface area contributed by atoms with E-state index in [2.05, 4.69) is 0 Å². The number of fused-ring (bicyclic) bond motifs is 6. The van der Waals surface area contributed by atoms with Crippen LogP contribution in [0.2, 0.25) is 5.02 Å². The molecule has 0 spiro atoms. The molecule has 2 aliphatic heterocycles. The number of para-hydroxylation sites is 1. The highest BCUT2D eigenvalue weighted by Crippen LogP contribution is 2.47. The fourth-order valence-corrected chi connectivity index (χ4v) is 6.16. The van der Waals surface area contributed by atoms with Gasteiger partial charge in [-0.25, -0.2) is 4.99 Å². The first-order chi connectivity index (χ1) is 17.4. The van der Waals surface area contributed by atoms with Gasteiger partial charge in [0.1, 0.15) is 23.2 Å². The van der Waals surface area contributed by atoms with Crippen LogP contribution in [0.1, 0.15) is 31.2 Å². The van der Waals surface area contributed by atoms with Gasteiger partial charge in [0.2, 0.25) is 5.72 Å². The minimum Gasteiger partial charge on any atom is -0.466 e. The summed E-state index contributed by atoms with van der Waals surface area (Å²) in [5, 5.41) is 0.610. The molecule has 0 N–H and O–H groups in total. The van der Waals surface area contributed by atoms with Crippen LogP contribution in [0.25, 0.3) is 17.4 Å². The molecule has 36 heavy (non-hydrogen) atoms. The summed E-state index contributed by atoms with van der Waals surface area (Å²) in [6.45, 7) is 3.73. The molecule has 0 amide bonds. The Morgan fingerprint density at radius 1 is 1.22 bits per heavy atom. The first-order valence-electron chi connectivity index (χ1n) is 11.5. The molecule has 7 nitrogen and oxygen atoms in total. The number of hydrogen-bond donors (Lipinski definition) is 0. The van der Waals surface area contributed by atoms with E-state index >= 15 is 0 Å². The number of thiazole rings is 1. The van der Waals surface area contributed by atoms with E-state index in [9.17, 15) is 9.59 Å². The van der Waals surface area contributed by atoms with Crippen molar-refractivity contribution in [1.29, 1.82) is 0 Å². The van der Waals surface area contributed by atoms with Gasteiger partial charge >= 0.3 is 5.97 Å². The zero-order valence-electron chi connectivity index (χ0n) is 19.4. The lowest BCUT2D eigenvalue weighted by Gasteiger charge is -2.44. The Bertz CT molecular complexity index is 1690. The molecule has 0 fully saturated rings. The Hall–Kier alpha value is -3.62. The van der Waals surface area contributed by atoms with Gasteiger partial charge in [-0.3, -0.25) is 14.2 Å². The predicted octanol–water partition coefficient (Wildman–Crippen LogP) is 4.16. The predicted molar refractivity (Wildman–Crippen MR) is 136 cm³/mol. The third-order valence-corrected chi connectivity index (χ3v) is 7.65. The molecule has 2 aromatic heterocycles. The minimum atomic E-state index is -1.20. The standard InChI is InChI=1S/C27H21ClN2O5S/c1-3-33-25(32)22-23-18-9-4-5-10-20(18)35-27(22,2)29-26-30(23)24(31)21(36-26)14-17-11-12-19(34-17)15-7-6-8-16(28)13-15/h4-14,22-23H,3H2,1-2H3/b21-14+/t22-,23-,27-/m0/s1. The number of ether oxygens (including phenoxy) is 2. The SMILES string of the molecule is CCOC(=O)[C@@H]1[C@@H]2c3ccccc3O[C@]1(C)N=c1s/c(=C/c3ccc(-c4cccc(Cl)c4)o3)c(=O)n12. The zero-order chi connectivity index (χ0) is 25.0. The molecule has 0 saturated carbocycles. The third-order valence-electron chi connectivity index (χ3n) is 6.43. The van der Waals surface area contributed by atoms with Crippen molar-refractivity contribution < 1.29 is 18.7 Å². The Labute approximate surface area is 214 Å². The molecule has 0 unspecified atom stereocenters. The zero-order valence-corrected chi connectivity index (χ0v) is 21.0. The lowest BCUT2D eigenvalue weighted by atomic mass is 9.81. The van der Waals surface area contributed by atoms with E-state index in [1.807, 2.05) is 48.5 Å². The molecule has 182 valence electrons. The van der Waals surface area contributed by atoms with Crippen LogP contribution in [-0.2, 0) is 9.53 Å². The summed E-state index contributed by atoms with van der Waals surface area (Å²) in [6.07, 6.45) is 1.69. The number of furan rings is 1. The van der Waals surface area contributed by atoms with Crippen LogP contribution in [0.5, 0.6) is 5.75 Å². The number of esters is 1. The van der Waals surface area contributed by atoms with Gasteiger partial charge in [-0.15, -0.1) is 0 Å². The van der Waals surface area contributed by atoms with Crippen molar-refractivity contribution in [3.63, 3.8) is 0 Å². The number of aromatic nitrogens is 1. The molecule has 0 radical (unpaired) electrons. The number of nitrogens with zero attached hydrogens (tertiary/aromatic N) is 2. The molecule has 2 aromatic carbocycles. The summed E-state index contributed by atoms with van der Waals surface area (Å²) < 4.78 is 19.6. The second kappa shape index (κ2) is 8.50. The van der Waals surface area contributed by atoms with Gasteiger partial charge in [0, 0.05) is 22.2 Å². The van der Waals surface area contributed by atoms with E-state index in [1.165, 1.54) is 11.3 Å². The van der Waals surface area contributed by atoms with Crippen molar-refractivity contribution in [2.24, 2.45) is 10.9 Å². The highest BCUT2D eigenvalue weighted by molar-refractivity contribution is 7.07. The minimum absolute atomic E-state index is 0.220. The molecule has 2 aliphatic rings. The maximum atomic E-state index is 13.7.